The van der Waals surface area contributed by atoms with Gasteiger partial charge in [0.2, 0.25) is 0 Å². The summed E-state index contributed by atoms with van der Waals surface area (Å²) in [5.74, 6) is 0.293. The Balaban J connectivity index is 0.00000364. The molecular weight excluding hydrogens is 495 g/mol. The molecule has 0 amide bonds. The Labute approximate surface area is 176 Å². The van der Waals surface area contributed by atoms with Gasteiger partial charge in [0.25, 0.3) is 0 Å². The van der Waals surface area contributed by atoms with Crippen molar-refractivity contribution >= 4 is 41.3 Å². The molecule has 0 radical (unpaired) electrons. The van der Waals surface area contributed by atoms with Crippen molar-refractivity contribution in [2.24, 2.45) is 4.99 Å². The monoisotopic (exact) mass is 516 g/mol. The Morgan fingerprint density at radius 2 is 2.00 bits per heavy atom. The summed E-state index contributed by atoms with van der Waals surface area (Å²) in [6.45, 7) is 3.45. The van der Waals surface area contributed by atoms with Gasteiger partial charge in [-0.3, -0.25) is 4.99 Å². The van der Waals surface area contributed by atoms with E-state index < -0.39 is 11.9 Å². The van der Waals surface area contributed by atoms with Crippen molar-refractivity contribution in [3.8, 4) is 0 Å². The van der Waals surface area contributed by atoms with Gasteiger partial charge in [0.1, 0.15) is 5.82 Å². The van der Waals surface area contributed by atoms with Gasteiger partial charge in [-0.05, 0) is 31.0 Å². The summed E-state index contributed by atoms with van der Waals surface area (Å²) >= 11 is 0.981. The van der Waals surface area contributed by atoms with E-state index in [1.54, 1.807) is 6.07 Å². The summed E-state index contributed by atoms with van der Waals surface area (Å²) in [5.41, 5.74) is 0.0115. The predicted molar refractivity (Wildman–Crippen MR) is 110 cm³/mol. The highest BCUT2D eigenvalue weighted by Gasteiger charge is 2.33. The molecule has 0 aliphatic heterocycles. The van der Waals surface area contributed by atoms with Crippen LogP contribution in [0.5, 0.6) is 0 Å². The number of halogens is 5. The first-order chi connectivity index (χ1) is 12.4. The number of nitrogens with one attached hydrogen (secondary N) is 2. The van der Waals surface area contributed by atoms with E-state index in [1.807, 2.05) is 13.0 Å². The first kappa shape index (κ1) is 23.6. The van der Waals surface area contributed by atoms with Crippen LogP contribution in [0.15, 0.2) is 34.6 Å². The van der Waals surface area contributed by atoms with Crippen LogP contribution in [-0.4, -0.2) is 30.6 Å². The zero-order valence-corrected chi connectivity index (χ0v) is 17.8. The molecule has 0 bridgehead atoms. The Morgan fingerprint density at radius 3 is 2.63 bits per heavy atom. The van der Waals surface area contributed by atoms with Crippen molar-refractivity contribution in [3.05, 3.63) is 51.7 Å². The van der Waals surface area contributed by atoms with Crippen molar-refractivity contribution in [1.29, 1.82) is 0 Å². The molecular formula is C17H21F4IN4S. The van der Waals surface area contributed by atoms with Gasteiger partial charge < -0.3 is 10.6 Å². The highest BCUT2D eigenvalue weighted by molar-refractivity contribution is 14.0. The molecule has 2 N–H and O–H groups in total. The molecule has 0 fully saturated rings. The van der Waals surface area contributed by atoms with Gasteiger partial charge >= 0.3 is 6.18 Å². The maximum absolute atomic E-state index is 13.1. The maximum atomic E-state index is 13.1. The minimum absolute atomic E-state index is 0. The molecule has 150 valence electrons. The van der Waals surface area contributed by atoms with Crippen LogP contribution in [0.25, 0.3) is 0 Å². The summed E-state index contributed by atoms with van der Waals surface area (Å²) in [6.07, 6.45) is -3.45. The van der Waals surface area contributed by atoms with Crippen LogP contribution in [0, 0.1) is 5.82 Å². The lowest BCUT2D eigenvalue weighted by atomic mass is 10.1. The van der Waals surface area contributed by atoms with Gasteiger partial charge in [0, 0.05) is 31.4 Å². The second-order valence-electron chi connectivity index (χ2n) is 5.44. The molecule has 1 aromatic carbocycles. The van der Waals surface area contributed by atoms with Crippen LogP contribution in [0.2, 0.25) is 0 Å². The van der Waals surface area contributed by atoms with Crippen molar-refractivity contribution in [3.63, 3.8) is 0 Å². The molecule has 0 aliphatic rings. The van der Waals surface area contributed by atoms with E-state index in [-0.39, 0.29) is 29.8 Å². The fourth-order valence-electron chi connectivity index (χ4n) is 2.18. The summed E-state index contributed by atoms with van der Waals surface area (Å²) in [5, 5.41) is 7.60. The third-order valence-corrected chi connectivity index (χ3v) is 4.29. The first-order valence-corrected chi connectivity index (χ1v) is 9.04. The van der Waals surface area contributed by atoms with Gasteiger partial charge in [0.15, 0.2) is 11.7 Å². The lowest BCUT2D eigenvalue weighted by molar-refractivity contribution is -0.140. The third-order valence-electron chi connectivity index (χ3n) is 3.38. The number of aromatic nitrogens is 1. The zero-order chi connectivity index (χ0) is 19.0. The Morgan fingerprint density at radius 1 is 1.22 bits per heavy atom. The lowest BCUT2D eigenvalue weighted by Crippen LogP contribution is -2.38. The summed E-state index contributed by atoms with van der Waals surface area (Å²) in [6, 6.07) is 6.38. The molecule has 0 saturated heterocycles. The topological polar surface area (TPSA) is 49.3 Å². The number of aliphatic imine (C=N–C) groups is 1. The molecule has 0 atom stereocenters. The minimum Gasteiger partial charge on any atom is -0.357 e. The van der Waals surface area contributed by atoms with E-state index in [9.17, 15) is 17.6 Å². The van der Waals surface area contributed by atoms with Gasteiger partial charge in [-0.1, -0.05) is 12.1 Å². The number of alkyl halides is 3. The van der Waals surface area contributed by atoms with Crippen LogP contribution in [0.4, 0.5) is 17.6 Å². The molecule has 0 aliphatic carbocycles. The van der Waals surface area contributed by atoms with Crippen LogP contribution in [-0.2, 0) is 19.0 Å². The minimum atomic E-state index is -4.41. The average Bonchev–Trinajstić information content (AvgIpc) is 3.04. The third kappa shape index (κ3) is 8.41. The van der Waals surface area contributed by atoms with Crippen LogP contribution in [0.3, 0.4) is 0 Å². The molecule has 0 spiro atoms. The molecule has 1 aromatic heterocycles. The molecule has 27 heavy (non-hydrogen) atoms. The van der Waals surface area contributed by atoms with E-state index in [0.717, 1.165) is 22.3 Å². The van der Waals surface area contributed by atoms with E-state index in [0.29, 0.717) is 43.4 Å². The standard InChI is InChI=1S/C17H20F4N4S.HI/c1-2-22-16(23-8-6-12-4-3-5-13(18)10-12)24-9-7-15-25-14(11-26-15)17(19,20)21;/h3-5,10-11H,2,6-9H2,1H3,(H2,22,23,24);1H. The van der Waals surface area contributed by atoms with Crippen molar-refractivity contribution in [1.82, 2.24) is 15.6 Å². The van der Waals surface area contributed by atoms with E-state index in [2.05, 4.69) is 20.6 Å². The van der Waals surface area contributed by atoms with Gasteiger partial charge in [0.05, 0.1) is 5.01 Å². The SMILES string of the molecule is CCNC(=NCCc1nc(C(F)(F)F)cs1)NCCc1cccc(F)c1.I. The van der Waals surface area contributed by atoms with Crippen LogP contribution in [0.1, 0.15) is 23.2 Å². The average molecular weight is 516 g/mol. The smallest absolute Gasteiger partial charge is 0.357 e. The fourth-order valence-corrected chi connectivity index (χ4v) is 2.97. The molecule has 0 saturated carbocycles. The van der Waals surface area contributed by atoms with E-state index >= 15 is 0 Å². The fraction of sp³-hybridized carbons (Fsp3) is 0.412. The van der Waals surface area contributed by atoms with Crippen LogP contribution < -0.4 is 10.6 Å². The Kier molecular flexibility index (Phi) is 9.99. The normalized spacial score (nSPS) is 11.8. The number of benzene rings is 1. The number of thiazole rings is 1. The summed E-state index contributed by atoms with van der Waals surface area (Å²) < 4.78 is 50.7. The Hall–Kier alpha value is -1.43. The Bertz CT molecular complexity index is 734. The van der Waals surface area contributed by atoms with E-state index in [4.69, 9.17) is 0 Å². The van der Waals surface area contributed by atoms with Crippen LogP contribution >= 0.6 is 35.3 Å². The van der Waals surface area contributed by atoms with Gasteiger partial charge in [-0.2, -0.15) is 13.2 Å². The number of hydrogen-bond acceptors (Lipinski definition) is 3. The van der Waals surface area contributed by atoms with Crippen molar-refractivity contribution in [2.45, 2.75) is 25.9 Å². The predicted octanol–water partition coefficient (Wildman–Crippen LogP) is 4.26. The summed E-state index contributed by atoms with van der Waals surface area (Å²) in [7, 11) is 0. The highest BCUT2D eigenvalue weighted by Crippen LogP contribution is 2.30. The maximum Gasteiger partial charge on any atom is 0.434 e. The number of guanidine groups is 1. The number of nitrogens with zero attached hydrogens (tertiary/aromatic N) is 2. The zero-order valence-electron chi connectivity index (χ0n) is 14.6. The highest BCUT2D eigenvalue weighted by atomic mass is 127. The summed E-state index contributed by atoms with van der Waals surface area (Å²) in [4.78, 5) is 7.92. The molecule has 2 rings (SSSR count). The lowest BCUT2D eigenvalue weighted by Gasteiger charge is -2.11. The molecule has 4 nitrogen and oxygen atoms in total. The number of hydrogen-bond donors (Lipinski definition) is 2. The second-order valence-corrected chi connectivity index (χ2v) is 6.38. The molecule has 10 heteroatoms. The quantitative estimate of drug-likeness (QED) is 0.250. The van der Waals surface area contributed by atoms with E-state index in [1.165, 1.54) is 12.1 Å². The van der Waals surface area contributed by atoms with Crippen molar-refractivity contribution in [2.75, 3.05) is 19.6 Å². The molecule has 0 unspecified atom stereocenters. The first-order valence-electron chi connectivity index (χ1n) is 8.16. The number of rotatable bonds is 7. The molecule has 2 aromatic rings. The molecule has 1 heterocycles. The van der Waals surface area contributed by atoms with Gasteiger partial charge in [-0.25, -0.2) is 9.37 Å². The van der Waals surface area contributed by atoms with Gasteiger partial charge in [-0.15, -0.1) is 35.3 Å². The largest absolute Gasteiger partial charge is 0.434 e. The van der Waals surface area contributed by atoms with Crippen molar-refractivity contribution < 1.29 is 17.6 Å². The second kappa shape index (κ2) is 11.4.